The van der Waals surface area contributed by atoms with Crippen molar-refractivity contribution < 1.29 is 29.3 Å². The van der Waals surface area contributed by atoms with Crippen molar-refractivity contribution in [2.24, 2.45) is 0 Å². The second kappa shape index (κ2) is 9.66. The number of hydrogen-bond acceptors (Lipinski definition) is 6. The molecule has 0 aromatic heterocycles. The van der Waals surface area contributed by atoms with Crippen LogP contribution in [0.1, 0.15) is 37.4 Å². The summed E-state index contributed by atoms with van der Waals surface area (Å²) in [5.41, 5.74) is 1.05. The first-order valence-electron chi connectivity index (χ1n) is 10.2. The summed E-state index contributed by atoms with van der Waals surface area (Å²) in [5.74, 6) is -0.949. The number of aliphatic hydroxyl groups excluding tert-OH is 1. The van der Waals surface area contributed by atoms with Crippen LogP contribution >= 0.6 is 0 Å². The molecule has 164 valence electrons. The number of carbonyl (C=O) groups excluding carboxylic acids is 2. The molecule has 0 unspecified atom stereocenters. The molecule has 1 heterocycles. The normalized spacial score (nSPS) is 18.1. The number of phenolic OH excluding ortho intramolecular Hbond substituents is 1. The van der Waals surface area contributed by atoms with E-state index in [4.69, 9.17) is 9.47 Å². The third kappa shape index (κ3) is 4.88. The Labute approximate surface area is 181 Å². The first kappa shape index (κ1) is 22.4. The van der Waals surface area contributed by atoms with Crippen LogP contribution in [0.15, 0.2) is 54.1 Å². The summed E-state index contributed by atoms with van der Waals surface area (Å²) in [6.45, 7) is 4.55. The van der Waals surface area contributed by atoms with Crippen LogP contribution < -0.4 is 4.74 Å². The van der Waals surface area contributed by atoms with Gasteiger partial charge in [-0.15, -0.1) is 0 Å². The monoisotopic (exact) mass is 425 g/mol. The average Bonchev–Trinajstić information content (AvgIpc) is 2.99. The molecule has 1 atom stereocenters. The zero-order valence-electron chi connectivity index (χ0n) is 17.9. The Hall–Kier alpha value is -3.32. The number of methoxy groups -OCH3 is 1. The molecule has 1 aliphatic heterocycles. The van der Waals surface area contributed by atoms with E-state index in [-0.39, 0.29) is 23.2 Å². The van der Waals surface area contributed by atoms with Crippen molar-refractivity contribution in [2.75, 3.05) is 20.3 Å². The van der Waals surface area contributed by atoms with Crippen LogP contribution in [-0.4, -0.2) is 53.2 Å². The molecule has 2 N–H and O–H groups in total. The highest BCUT2D eigenvalue weighted by Crippen LogP contribution is 2.40. The summed E-state index contributed by atoms with van der Waals surface area (Å²) < 4.78 is 10.7. The topological polar surface area (TPSA) is 96.3 Å². The van der Waals surface area contributed by atoms with E-state index in [0.29, 0.717) is 36.4 Å². The SMILES string of the molecule is COCCCN1C(=O)C(=O)C(=C(O)c2ccc(OC(C)C)cc2)[C@H]1c1ccc(O)cc1. The molecule has 1 aliphatic rings. The molecule has 31 heavy (non-hydrogen) atoms. The van der Waals surface area contributed by atoms with E-state index >= 15 is 0 Å². The van der Waals surface area contributed by atoms with Crippen molar-refractivity contribution in [1.29, 1.82) is 0 Å². The van der Waals surface area contributed by atoms with Gasteiger partial charge in [0.1, 0.15) is 17.3 Å². The van der Waals surface area contributed by atoms with Gasteiger partial charge in [-0.2, -0.15) is 0 Å². The highest BCUT2D eigenvalue weighted by Gasteiger charge is 2.45. The van der Waals surface area contributed by atoms with Gasteiger partial charge in [-0.05, 0) is 62.2 Å². The lowest BCUT2D eigenvalue weighted by Gasteiger charge is -2.25. The molecule has 3 rings (SSSR count). The number of ketones is 1. The molecule has 0 spiro atoms. The van der Waals surface area contributed by atoms with Crippen molar-refractivity contribution in [3.05, 3.63) is 65.2 Å². The first-order valence-corrected chi connectivity index (χ1v) is 10.2. The fraction of sp³-hybridized carbons (Fsp3) is 0.333. The molecule has 1 saturated heterocycles. The van der Waals surface area contributed by atoms with Gasteiger partial charge in [0.25, 0.3) is 11.7 Å². The highest BCUT2D eigenvalue weighted by atomic mass is 16.5. The Morgan fingerprint density at radius 2 is 1.71 bits per heavy atom. The van der Waals surface area contributed by atoms with E-state index in [9.17, 15) is 19.8 Å². The van der Waals surface area contributed by atoms with E-state index < -0.39 is 17.7 Å². The number of nitrogens with zero attached hydrogens (tertiary/aromatic N) is 1. The molecule has 0 saturated carbocycles. The molecular formula is C24H27NO6. The van der Waals surface area contributed by atoms with Crippen molar-refractivity contribution in [3.8, 4) is 11.5 Å². The van der Waals surface area contributed by atoms with Crippen LogP contribution in [0, 0.1) is 0 Å². The smallest absolute Gasteiger partial charge is 0.295 e. The minimum atomic E-state index is -0.760. The molecule has 0 bridgehead atoms. The minimum absolute atomic E-state index is 0.00590. The quantitative estimate of drug-likeness (QED) is 0.290. The average molecular weight is 425 g/mol. The second-order valence-electron chi connectivity index (χ2n) is 7.62. The molecule has 1 fully saturated rings. The van der Waals surface area contributed by atoms with Crippen molar-refractivity contribution in [3.63, 3.8) is 0 Å². The summed E-state index contributed by atoms with van der Waals surface area (Å²) >= 11 is 0. The second-order valence-corrected chi connectivity index (χ2v) is 7.62. The van der Waals surface area contributed by atoms with Gasteiger partial charge < -0.3 is 24.6 Å². The Balaban J connectivity index is 2.04. The number of phenols is 1. The van der Waals surface area contributed by atoms with Crippen LogP contribution in [0.5, 0.6) is 11.5 Å². The highest BCUT2D eigenvalue weighted by molar-refractivity contribution is 6.46. The molecule has 0 aliphatic carbocycles. The maximum Gasteiger partial charge on any atom is 0.295 e. The standard InChI is InChI=1S/C24H27NO6/c1-15(2)31-19-11-7-17(8-12-19)22(27)20-21(16-5-9-18(26)10-6-16)25(13-4-14-30-3)24(29)23(20)28/h5-12,15,21,26-27H,4,13-14H2,1-3H3/t21-/m1/s1. The van der Waals surface area contributed by atoms with Gasteiger partial charge in [0.15, 0.2) is 0 Å². The number of benzene rings is 2. The number of carbonyl (C=O) groups is 2. The van der Waals surface area contributed by atoms with Gasteiger partial charge in [0, 0.05) is 25.8 Å². The van der Waals surface area contributed by atoms with Gasteiger partial charge in [-0.1, -0.05) is 12.1 Å². The third-order valence-electron chi connectivity index (χ3n) is 5.00. The summed E-state index contributed by atoms with van der Waals surface area (Å²) in [6, 6.07) is 12.2. The zero-order chi connectivity index (χ0) is 22.5. The van der Waals surface area contributed by atoms with E-state index in [0.717, 1.165) is 0 Å². The fourth-order valence-corrected chi connectivity index (χ4v) is 3.61. The summed E-state index contributed by atoms with van der Waals surface area (Å²) in [5, 5.41) is 20.7. The van der Waals surface area contributed by atoms with Gasteiger partial charge in [0.2, 0.25) is 0 Å². The van der Waals surface area contributed by atoms with Crippen molar-refractivity contribution in [1.82, 2.24) is 4.90 Å². The maximum atomic E-state index is 12.9. The molecule has 0 radical (unpaired) electrons. The number of rotatable bonds is 8. The number of likely N-dealkylation sites (tertiary alicyclic amines) is 1. The number of Topliss-reactive ketones (excluding diaryl/α,β-unsaturated/α-hetero) is 1. The lowest BCUT2D eigenvalue weighted by molar-refractivity contribution is -0.140. The molecule has 2 aromatic carbocycles. The molecule has 1 amide bonds. The molecule has 7 heteroatoms. The van der Waals surface area contributed by atoms with E-state index in [2.05, 4.69) is 0 Å². The predicted octanol–water partition coefficient (Wildman–Crippen LogP) is 3.64. The Bertz CT molecular complexity index is 963. The van der Waals surface area contributed by atoms with Crippen molar-refractivity contribution >= 4 is 17.4 Å². The molecule has 2 aromatic rings. The fourth-order valence-electron chi connectivity index (χ4n) is 3.61. The van der Waals surface area contributed by atoms with Crippen LogP contribution in [0.3, 0.4) is 0 Å². The summed E-state index contributed by atoms with van der Waals surface area (Å²) in [7, 11) is 1.57. The van der Waals surface area contributed by atoms with Crippen molar-refractivity contribution in [2.45, 2.75) is 32.4 Å². The van der Waals surface area contributed by atoms with E-state index in [1.807, 2.05) is 13.8 Å². The number of ether oxygens (including phenoxy) is 2. The summed E-state index contributed by atoms with van der Waals surface area (Å²) in [4.78, 5) is 27.1. The number of aliphatic hydroxyl groups is 1. The zero-order valence-corrected chi connectivity index (χ0v) is 17.9. The van der Waals surface area contributed by atoms with Gasteiger partial charge in [-0.25, -0.2) is 0 Å². The lowest BCUT2D eigenvalue weighted by Crippen LogP contribution is -2.31. The van der Waals surface area contributed by atoms with Gasteiger partial charge in [-0.3, -0.25) is 9.59 Å². The molecule has 7 nitrogen and oxygen atoms in total. The van der Waals surface area contributed by atoms with Gasteiger partial charge >= 0.3 is 0 Å². The lowest BCUT2D eigenvalue weighted by atomic mass is 9.95. The largest absolute Gasteiger partial charge is 0.508 e. The van der Waals surface area contributed by atoms with Crippen LogP contribution in [0.2, 0.25) is 0 Å². The third-order valence-corrected chi connectivity index (χ3v) is 5.00. The Kier molecular flexibility index (Phi) is 6.97. The summed E-state index contributed by atoms with van der Waals surface area (Å²) in [6.07, 6.45) is 0.547. The number of amides is 1. The minimum Gasteiger partial charge on any atom is -0.508 e. The first-order chi connectivity index (χ1) is 14.8. The Morgan fingerprint density at radius 1 is 1.06 bits per heavy atom. The molecular weight excluding hydrogens is 398 g/mol. The van der Waals surface area contributed by atoms with Crippen LogP contribution in [-0.2, 0) is 14.3 Å². The van der Waals surface area contributed by atoms with E-state index in [1.165, 1.54) is 17.0 Å². The van der Waals surface area contributed by atoms with Crippen LogP contribution in [0.4, 0.5) is 0 Å². The number of aromatic hydroxyl groups is 1. The van der Waals surface area contributed by atoms with E-state index in [1.54, 1.807) is 43.5 Å². The van der Waals surface area contributed by atoms with Gasteiger partial charge in [0.05, 0.1) is 17.7 Å². The number of hydrogen-bond donors (Lipinski definition) is 2. The predicted molar refractivity (Wildman–Crippen MR) is 116 cm³/mol. The van der Waals surface area contributed by atoms with Crippen LogP contribution in [0.25, 0.3) is 5.76 Å². The maximum absolute atomic E-state index is 12.9. The Morgan fingerprint density at radius 3 is 2.29 bits per heavy atom.